The minimum atomic E-state index is -3.64. The Morgan fingerprint density at radius 1 is 1.31 bits per heavy atom. The van der Waals surface area contributed by atoms with Gasteiger partial charge in [-0.15, -0.1) is 0 Å². The highest BCUT2D eigenvalue weighted by Gasteiger charge is 2.25. The molecular weight excluding hydrogens is 256 g/mol. The zero-order valence-corrected chi connectivity index (χ0v) is 10.5. The van der Waals surface area contributed by atoms with Crippen LogP contribution in [0.5, 0.6) is 17.2 Å². The first-order chi connectivity index (χ1) is 7.32. The molecule has 0 amide bonds. The molecule has 0 fully saturated rings. The van der Waals surface area contributed by atoms with E-state index in [0.717, 1.165) is 12.3 Å². The lowest BCUT2D eigenvalue weighted by Crippen LogP contribution is -2.03. The van der Waals surface area contributed by atoms with Crippen molar-refractivity contribution in [3.8, 4) is 17.2 Å². The molecule has 0 heterocycles. The van der Waals surface area contributed by atoms with E-state index in [0.29, 0.717) is 0 Å². The van der Waals surface area contributed by atoms with Crippen LogP contribution in [0, 0.1) is 0 Å². The molecule has 1 rings (SSSR count). The Morgan fingerprint density at radius 2 is 1.88 bits per heavy atom. The molecule has 0 aliphatic rings. The van der Waals surface area contributed by atoms with Crippen molar-refractivity contribution in [1.82, 2.24) is 0 Å². The lowest BCUT2D eigenvalue weighted by atomic mass is 10.3. The Balaban J connectivity index is 3.69. The van der Waals surface area contributed by atoms with Crippen LogP contribution in [-0.2, 0) is 9.84 Å². The third-order valence-electron chi connectivity index (χ3n) is 1.92. The highest BCUT2D eigenvalue weighted by atomic mass is 35.5. The smallest absolute Gasteiger partial charge is 0.182 e. The zero-order chi connectivity index (χ0) is 12.5. The molecule has 0 aromatic heterocycles. The molecule has 0 radical (unpaired) electrons. The second-order valence-corrected chi connectivity index (χ2v) is 5.38. The lowest BCUT2D eigenvalue weighted by molar-refractivity contribution is 0.371. The average Bonchev–Trinajstić information content (AvgIpc) is 2.18. The van der Waals surface area contributed by atoms with Crippen LogP contribution < -0.4 is 9.47 Å². The van der Waals surface area contributed by atoms with Crippen LogP contribution in [0.25, 0.3) is 0 Å². The summed E-state index contributed by atoms with van der Waals surface area (Å²) in [5.74, 6) is -0.440. The summed E-state index contributed by atoms with van der Waals surface area (Å²) >= 11 is 5.87. The van der Waals surface area contributed by atoms with Crippen molar-refractivity contribution >= 4 is 21.4 Å². The van der Waals surface area contributed by atoms with Crippen LogP contribution in [0.15, 0.2) is 11.0 Å². The van der Waals surface area contributed by atoms with E-state index in [1.807, 2.05) is 0 Å². The first kappa shape index (κ1) is 12.9. The van der Waals surface area contributed by atoms with Crippen molar-refractivity contribution in [3.63, 3.8) is 0 Å². The number of phenols is 1. The SMILES string of the molecule is COc1cc(O)c(S(C)(=O)=O)c(OC)c1Cl. The number of hydrogen-bond donors (Lipinski definition) is 1. The summed E-state index contributed by atoms with van der Waals surface area (Å²) in [6, 6.07) is 1.13. The molecule has 16 heavy (non-hydrogen) atoms. The van der Waals surface area contributed by atoms with E-state index >= 15 is 0 Å². The molecule has 0 unspecified atom stereocenters. The van der Waals surface area contributed by atoms with E-state index < -0.39 is 15.6 Å². The van der Waals surface area contributed by atoms with Crippen LogP contribution in [0.2, 0.25) is 5.02 Å². The second-order valence-electron chi connectivity index (χ2n) is 3.05. The minimum absolute atomic E-state index is 0.00299. The van der Waals surface area contributed by atoms with Crippen molar-refractivity contribution in [2.45, 2.75) is 4.90 Å². The van der Waals surface area contributed by atoms with E-state index in [9.17, 15) is 13.5 Å². The van der Waals surface area contributed by atoms with Gasteiger partial charge in [0.25, 0.3) is 0 Å². The number of halogens is 1. The fraction of sp³-hybridized carbons (Fsp3) is 0.333. The van der Waals surface area contributed by atoms with E-state index in [1.54, 1.807) is 0 Å². The van der Waals surface area contributed by atoms with Gasteiger partial charge in [-0.1, -0.05) is 11.6 Å². The normalized spacial score (nSPS) is 11.2. The van der Waals surface area contributed by atoms with E-state index in [2.05, 4.69) is 0 Å². The van der Waals surface area contributed by atoms with E-state index in [4.69, 9.17) is 21.1 Å². The maximum atomic E-state index is 11.4. The van der Waals surface area contributed by atoms with E-state index in [-0.39, 0.29) is 21.4 Å². The number of rotatable bonds is 3. The van der Waals surface area contributed by atoms with Crippen LogP contribution in [-0.4, -0.2) is 34.0 Å². The number of aromatic hydroxyl groups is 1. The third kappa shape index (κ3) is 2.17. The molecule has 0 atom stereocenters. The summed E-state index contributed by atoms with van der Waals surface area (Å²) < 4.78 is 32.6. The van der Waals surface area contributed by atoms with Gasteiger partial charge in [-0.25, -0.2) is 8.42 Å². The van der Waals surface area contributed by atoms with Gasteiger partial charge >= 0.3 is 0 Å². The fourth-order valence-electron chi connectivity index (χ4n) is 1.27. The predicted molar refractivity (Wildman–Crippen MR) is 59.3 cm³/mol. The predicted octanol–water partition coefficient (Wildman–Crippen LogP) is 1.47. The van der Waals surface area contributed by atoms with Gasteiger partial charge < -0.3 is 14.6 Å². The molecule has 7 heteroatoms. The Bertz CT molecular complexity index is 509. The number of phenolic OH excluding ortho intramolecular Hbond substituents is 1. The Labute approximate surface area is 98.5 Å². The third-order valence-corrected chi connectivity index (χ3v) is 3.41. The van der Waals surface area contributed by atoms with Gasteiger partial charge in [-0.2, -0.15) is 0 Å². The molecule has 0 saturated carbocycles. The van der Waals surface area contributed by atoms with Gasteiger partial charge in [0.1, 0.15) is 16.5 Å². The van der Waals surface area contributed by atoms with Crippen molar-refractivity contribution in [1.29, 1.82) is 0 Å². The number of benzene rings is 1. The second kappa shape index (κ2) is 4.39. The molecule has 0 saturated heterocycles. The van der Waals surface area contributed by atoms with Crippen LogP contribution in [0.4, 0.5) is 0 Å². The number of ether oxygens (including phenoxy) is 2. The van der Waals surface area contributed by atoms with Gasteiger partial charge in [0.2, 0.25) is 0 Å². The minimum Gasteiger partial charge on any atom is -0.506 e. The highest BCUT2D eigenvalue weighted by Crippen LogP contribution is 2.44. The topological polar surface area (TPSA) is 72.8 Å². The maximum Gasteiger partial charge on any atom is 0.182 e. The average molecular weight is 267 g/mol. The van der Waals surface area contributed by atoms with Crippen LogP contribution in [0.3, 0.4) is 0 Å². The van der Waals surface area contributed by atoms with Crippen LogP contribution in [0.1, 0.15) is 0 Å². The van der Waals surface area contributed by atoms with Gasteiger partial charge in [-0.05, 0) is 0 Å². The zero-order valence-electron chi connectivity index (χ0n) is 8.94. The van der Waals surface area contributed by atoms with Crippen molar-refractivity contribution in [2.24, 2.45) is 0 Å². The molecule has 1 aromatic rings. The quantitative estimate of drug-likeness (QED) is 0.897. The molecule has 1 N–H and O–H groups in total. The summed E-state index contributed by atoms with van der Waals surface area (Å²) in [6.07, 6.45) is 0.952. The van der Waals surface area contributed by atoms with Gasteiger partial charge in [0, 0.05) is 12.3 Å². The first-order valence-corrected chi connectivity index (χ1v) is 6.43. The Kier molecular flexibility index (Phi) is 3.54. The van der Waals surface area contributed by atoms with Crippen molar-refractivity contribution < 1.29 is 23.0 Å². The standard InChI is InChI=1S/C9H11ClO5S/c1-14-6-4-5(11)9(16(3,12)13)8(15-2)7(6)10/h4,11H,1-3H3. The van der Waals surface area contributed by atoms with Gasteiger partial charge in [-0.3, -0.25) is 0 Å². The Morgan fingerprint density at radius 3 is 2.25 bits per heavy atom. The summed E-state index contributed by atoms with van der Waals surface area (Å²) in [5, 5.41) is 9.60. The molecule has 90 valence electrons. The summed E-state index contributed by atoms with van der Waals surface area (Å²) in [6.45, 7) is 0. The molecule has 0 aliphatic carbocycles. The highest BCUT2D eigenvalue weighted by molar-refractivity contribution is 7.91. The monoisotopic (exact) mass is 266 g/mol. The summed E-state index contributed by atoms with van der Waals surface area (Å²) in [7, 11) is -1.03. The first-order valence-electron chi connectivity index (χ1n) is 4.16. The van der Waals surface area contributed by atoms with Gasteiger partial charge in [0.05, 0.1) is 14.2 Å². The Hall–Kier alpha value is -1.14. The largest absolute Gasteiger partial charge is 0.506 e. The van der Waals surface area contributed by atoms with Crippen molar-refractivity contribution in [3.05, 3.63) is 11.1 Å². The summed E-state index contributed by atoms with van der Waals surface area (Å²) in [5.41, 5.74) is 0. The molecule has 0 bridgehead atoms. The molecule has 1 aromatic carbocycles. The van der Waals surface area contributed by atoms with Crippen LogP contribution >= 0.6 is 11.6 Å². The van der Waals surface area contributed by atoms with Gasteiger partial charge in [0.15, 0.2) is 20.5 Å². The lowest BCUT2D eigenvalue weighted by Gasteiger charge is -2.13. The summed E-state index contributed by atoms with van der Waals surface area (Å²) in [4.78, 5) is -0.346. The maximum absolute atomic E-state index is 11.4. The number of sulfone groups is 1. The number of methoxy groups -OCH3 is 2. The number of hydrogen-bond acceptors (Lipinski definition) is 5. The molecular formula is C9H11ClO5S. The molecule has 0 aliphatic heterocycles. The fourth-order valence-corrected chi connectivity index (χ4v) is 2.59. The van der Waals surface area contributed by atoms with E-state index in [1.165, 1.54) is 14.2 Å². The van der Waals surface area contributed by atoms with Crippen molar-refractivity contribution in [2.75, 3.05) is 20.5 Å². The molecule has 0 spiro atoms. The molecule has 5 nitrogen and oxygen atoms in total.